The Labute approximate surface area is 128 Å². The van der Waals surface area contributed by atoms with Gasteiger partial charge >= 0.3 is 0 Å². The number of ether oxygens (including phenoxy) is 2. The number of nitrogens with zero attached hydrogens (tertiary/aromatic N) is 1. The highest BCUT2D eigenvalue weighted by atomic mass is 32.2. The molecule has 2 aliphatic rings. The van der Waals surface area contributed by atoms with Gasteiger partial charge in [0.1, 0.15) is 0 Å². The summed E-state index contributed by atoms with van der Waals surface area (Å²) >= 11 is 0. The van der Waals surface area contributed by atoms with Gasteiger partial charge in [-0.3, -0.25) is 0 Å². The molecule has 2 rings (SSSR count). The second-order valence-electron chi connectivity index (χ2n) is 5.85. The lowest BCUT2D eigenvalue weighted by atomic mass is 9.86. The Bertz CT molecular complexity index is 407. The Balaban J connectivity index is 1.90. The van der Waals surface area contributed by atoms with Gasteiger partial charge in [0.05, 0.1) is 18.8 Å². The molecule has 124 valence electrons. The standard InChI is InChI=1S/C14H28N2O4S/c1-3-16(4-2)21(17,18)15-13-8-9-19-11-14(13)20-10-12-6-5-7-12/h12-15H,3-11H2,1-2H3. The normalized spacial score (nSPS) is 27.8. The molecule has 0 aromatic carbocycles. The lowest BCUT2D eigenvalue weighted by Gasteiger charge is -2.35. The van der Waals surface area contributed by atoms with Crippen LogP contribution in [0.3, 0.4) is 0 Å². The van der Waals surface area contributed by atoms with Crippen molar-refractivity contribution in [3.63, 3.8) is 0 Å². The van der Waals surface area contributed by atoms with Crippen LogP contribution in [0.15, 0.2) is 0 Å². The van der Waals surface area contributed by atoms with Crippen molar-refractivity contribution in [2.24, 2.45) is 5.92 Å². The number of hydrogen-bond donors (Lipinski definition) is 1. The minimum Gasteiger partial charge on any atom is -0.379 e. The van der Waals surface area contributed by atoms with Gasteiger partial charge in [-0.1, -0.05) is 20.3 Å². The quantitative estimate of drug-likeness (QED) is 0.728. The molecule has 0 amide bonds. The SMILES string of the molecule is CCN(CC)S(=O)(=O)NC1CCOCC1OCC1CCC1. The highest BCUT2D eigenvalue weighted by Gasteiger charge is 2.33. The van der Waals surface area contributed by atoms with Gasteiger partial charge in [0.15, 0.2) is 0 Å². The third-order valence-corrected chi connectivity index (χ3v) is 6.22. The number of rotatable bonds is 8. The fraction of sp³-hybridized carbons (Fsp3) is 1.00. The van der Waals surface area contributed by atoms with Gasteiger partial charge in [0.2, 0.25) is 0 Å². The third-order valence-electron chi connectivity index (χ3n) is 4.42. The number of hydrogen-bond acceptors (Lipinski definition) is 4. The highest BCUT2D eigenvalue weighted by Crippen LogP contribution is 2.27. The first-order valence-corrected chi connectivity index (χ1v) is 9.47. The molecular weight excluding hydrogens is 292 g/mol. The average molecular weight is 320 g/mol. The van der Waals surface area contributed by atoms with E-state index in [1.54, 1.807) is 0 Å². The average Bonchev–Trinajstić information content (AvgIpc) is 2.39. The smallest absolute Gasteiger partial charge is 0.279 e. The van der Waals surface area contributed by atoms with Gasteiger partial charge < -0.3 is 9.47 Å². The molecule has 0 bridgehead atoms. The van der Waals surface area contributed by atoms with Crippen molar-refractivity contribution in [1.29, 1.82) is 0 Å². The maximum Gasteiger partial charge on any atom is 0.279 e. The Kier molecular flexibility index (Phi) is 6.43. The molecule has 1 aliphatic heterocycles. The summed E-state index contributed by atoms with van der Waals surface area (Å²) in [5.74, 6) is 0.645. The molecule has 0 radical (unpaired) electrons. The molecule has 1 heterocycles. The predicted molar refractivity (Wildman–Crippen MR) is 81.3 cm³/mol. The van der Waals surface area contributed by atoms with E-state index in [9.17, 15) is 8.42 Å². The summed E-state index contributed by atoms with van der Waals surface area (Å²) in [6.45, 7) is 6.41. The zero-order valence-electron chi connectivity index (χ0n) is 13.1. The zero-order valence-corrected chi connectivity index (χ0v) is 13.9. The van der Waals surface area contributed by atoms with Crippen LogP contribution in [0.4, 0.5) is 0 Å². The highest BCUT2D eigenvalue weighted by molar-refractivity contribution is 7.87. The Morgan fingerprint density at radius 1 is 1.24 bits per heavy atom. The van der Waals surface area contributed by atoms with Crippen LogP contribution in [0.2, 0.25) is 0 Å². The topological polar surface area (TPSA) is 67.9 Å². The van der Waals surface area contributed by atoms with Gasteiger partial charge in [-0.15, -0.1) is 0 Å². The molecule has 0 spiro atoms. The molecule has 0 aromatic heterocycles. The van der Waals surface area contributed by atoms with Crippen molar-refractivity contribution >= 4 is 10.2 Å². The first-order valence-electron chi connectivity index (χ1n) is 8.03. The van der Waals surface area contributed by atoms with Gasteiger partial charge in [-0.05, 0) is 25.2 Å². The first-order chi connectivity index (χ1) is 10.1. The van der Waals surface area contributed by atoms with Crippen LogP contribution in [0.25, 0.3) is 0 Å². The summed E-state index contributed by atoms with van der Waals surface area (Å²) in [6, 6.07) is -0.190. The molecule has 7 heteroatoms. The molecule has 1 aliphatic carbocycles. The second-order valence-corrected chi connectivity index (χ2v) is 7.55. The van der Waals surface area contributed by atoms with Crippen LogP contribution in [-0.4, -0.2) is 57.8 Å². The minimum absolute atomic E-state index is 0.176. The maximum absolute atomic E-state index is 12.3. The van der Waals surface area contributed by atoms with Crippen molar-refractivity contribution in [1.82, 2.24) is 9.03 Å². The van der Waals surface area contributed by atoms with E-state index in [2.05, 4.69) is 4.72 Å². The summed E-state index contributed by atoms with van der Waals surface area (Å²) in [5, 5.41) is 0. The van der Waals surface area contributed by atoms with E-state index in [0.29, 0.717) is 38.6 Å². The fourth-order valence-electron chi connectivity index (χ4n) is 2.76. The molecule has 21 heavy (non-hydrogen) atoms. The van der Waals surface area contributed by atoms with Crippen LogP contribution >= 0.6 is 0 Å². The Morgan fingerprint density at radius 2 is 1.95 bits per heavy atom. The molecule has 1 saturated carbocycles. The summed E-state index contributed by atoms with van der Waals surface area (Å²) < 4.78 is 40.3. The van der Waals surface area contributed by atoms with Crippen molar-refractivity contribution in [2.75, 3.05) is 32.9 Å². The second kappa shape index (κ2) is 7.87. The third kappa shape index (κ3) is 4.63. The van der Waals surface area contributed by atoms with Crippen LogP contribution in [0, 0.1) is 5.92 Å². The summed E-state index contributed by atoms with van der Waals surface area (Å²) in [4.78, 5) is 0. The van der Waals surface area contributed by atoms with E-state index in [1.807, 2.05) is 13.8 Å². The van der Waals surface area contributed by atoms with Crippen molar-refractivity contribution in [2.45, 2.75) is 51.7 Å². The lowest BCUT2D eigenvalue weighted by molar-refractivity contribution is -0.0799. The van der Waals surface area contributed by atoms with Gasteiger partial charge in [-0.2, -0.15) is 17.4 Å². The van der Waals surface area contributed by atoms with Crippen LogP contribution < -0.4 is 4.72 Å². The van der Waals surface area contributed by atoms with Crippen molar-refractivity contribution < 1.29 is 17.9 Å². The van der Waals surface area contributed by atoms with E-state index in [-0.39, 0.29) is 12.1 Å². The van der Waals surface area contributed by atoms with E-state index < -0.39 is 10.2 Å². The summed E-state index contributed by atoms with van der Waals surface area (Å²) in [6.07, 6.45) is 4.22. The Hall–Kier alpha value is -0.210. The van der Waals surface area contributed by atoms with Crippen LogP contribution in [0.1, 0.15) is 39.5 Å². The van der Waals surface area contributed by atoms with Gasteiger partial charge in [0.25, 0.3) is 10.2 Å². The molecule has 2 fully saturated rings. The minimum atomic E-state index is -3.44. The molecule has 1 saturated heterocycles. The zero-order chi connectivity index (χ0) is 15.3. The predicted octanol–water partition coefficient (Wildman–Crippen LogP) is 1.14. The van der Waals surface area contributed by atoms with E-state index in [4.69, 9.17) is 9.47 Å². The lowest BCUT2D eigenvalue weighted by Crippen LogP contribution is -2.54. The van der Waals surface area contributed by atoms with Gasteiger partial charge in [0, 0.05) is 26.3 Å². The van der Waals surface area contributed by atoms with Crippen molar-refractivity contribution in [3.05, 3.63) is 0 Å². The molecule has 1 N–H and O–H groups in total. The van der Waals surface area contributed by atoms with E-state index in [1.165, 1.54) is 23.6 Å². The Morgan fingerprint density at radius 3 is 2.52 bits per heavy atom. The first kappa shape index (κ1) is 17.1. The van der Waals surface area contributed by atoms with Crippen molar-refractivity contribution in [3.8, 4) is 0 Å². The van der Waals surface area contributed by atoms with Gasteiger partial charge in [-0.25, -0.2) is 0 Å². The van der Waals surface area contributed by atoms with E-state index in [0.717, 1.165) is 6.61 Å². The summed E-state index contributed by atoms with van der Waals surface area (Å²) in [7, 11) is -3.44. The molecule has 6 nitrogen and oxygen atoms in total. The maximum atomic E-state index is 12.3. The fourth-order valence-corrected chi connectivity index (χ4v) is 4.24. The van der Waals surface area contributed by atoms with Crippen LogP contribution in [-0.2, 0) is 19.7 Å². The largest absolute Gasteiger partial charge is 0.379 e. The van der Waals surface area contributed by atoms with Crippen LogP contribution in [0.5, 0.6) is 0 Å². The summed E-state index contributed by atoms with van der Waals surface area (Å²) in [5.41, 5.74) is 0. The monoisotopic (exact) mass is 320 g/mol. The molecular formula is C14H28N2O4S. The number of nitrogens with one attached hydrogen (secondary N) is 1. The molecule has 2 unspecified atom stereocenters. The van der Waals surface area contributed by atoms with E-state index >= 15 is 0 Å². The molecule has 2 atom stereocenters. The molecule has 0 aromatic rings.